The van der Waals surface area contributed by atoms with Crippen LogP contribution in [0.3, 0.4) is 0 Å². The molecular weight excluding hydrogens is 284 g/mol. The molecule has 4 nitrogen and oxygen atoms in total. The highest BCUT2D eigenvalue weighted by molar-refractivity contribution is 7.80. The van der Waals surface area contributed by atoms with Crippen molar-refractivity contribution in [1.29, 1.82) is 0 Å². The van der Waals surface area contributed by atoms with Crippen molar-refractivity contribution in [3.8, 4) is 0 Å². The number of hydrogen-bond donors (Lipinski definition) is 2. The molecule has 2 N–H and O–H groups in total. The zero-order valence-electron chi connectivity index (χ0n) is 13.2. The lowest BCUT2D eigenvalue weighted by Gasteiger charge is -2.19. The Hall–Kier alpha value is -1.62. The fourth-order valence-electron chi connectivity index (χ4n) is 1.98. The van der Waals surface area contributed by atoms with Gasteiger partial charge in [-0.1, -0.05) is 13.8 Å². The van der Waals surface area contributed by atoms with E-state index in [-0.39, 0.29) is 5.97 Å². The van der Waals surface area contributed by atoms with Gasteiger partial charge in [0.15, 0.2) is 5.11 Å². The average Bonchev–Trinajstić information content (AvgIpc) is 2.47. The molecule has 0 aliphatic rings. The summed E-state index contributed by atoms with van der Waals surface area (Å²) in [4.78, 5) is 11.7. The molecule has 1 rings (SSSR count). The van der Waals surface area contributed by atoms with Gasteiger partial charge in [-0.15, -0.1) is 0 Å². The van der Waals surface area contributed by atoms with Crippen LogP contribution >= 0.6 is 12.2 Å². The summed E-state index contributed by atoms with van der Waals surface area (Å²) >= 11 is 5.32. The molecule has 116 valence electrons. The zero-order valence-corrected chi connectivity index (χ0v) is 14.0. The Morgan fingerprint density at radius 2 is 1.95 bits per heavy atom. The van der Waals surface area contributed by atoms with E-state index in [1.54, 1.807) is 19.1 Å². The molecule has 0 aliphatic heterocycles. The fraction of sp³-hybridized carbons (Fsp3) is 0.500. The van der Waals surface area contributed by atoms with E-state index >= 15 is 0 Å². The van der Waals surface area contributed by atoms with E-state index in [9.17, 15) is 4.79 Å². The van der Waals surface area contributed by atoms with Crippen molar-refractivity contribution in [3.05, 3.63) is 29.3 Å². The van der Waals surface area contributed by atoms with Crippen LogP contribution in [-0.2, 0) is 4.74 Å². The van der Waals surface area contributed by atoms with E-state index in [1.165, 1.54) is 0 Å². The first kappa shape index (κ1) is 17.4. The Kier molecular flexibility index (Phi) is 7.15. The smallest absolute Gasteiger partial charge is 0.338 e. The molecule has 21 heavy (non-hydrogen) atoms. The predicted molar refractivity (Wildman–Crippen MR) is 90.9 cm³/mol. The summed E-state index contributed by atoms with van der Waals surface area (Å²) < 4.78 is 4.99. The van der Waals surface area contributed by atoms with Gasteiger partial charge in [0.1, 0.15) is 0 Å². The second kappa shape index (κ2) is 8.62. The predicted octanol–water partition coefficient (Wildman–Crippen LogP) is 3.65. The molecule has 0 heterocycles. The lowest BCUT2D eigenvalue weighted by molar-refractivity contribution is 0.0526. The van der Waals surface area contributed by atoms with Gasteiger partial charge >= 0.3 is 5.97 Å². The molecule has 0 spiro atoms. The van der Waals surface area contributed by atoms with Gasteiger partial charge in [-0.2, -0.15) is 0 Å². The van der Waals surface area contributed by atoms with Gasteiger partial charge in [0, 0.05) is 11.7 Å². The number of carbonyl (C=O) groups is 1. The molecule has 5 heteroatoms. The van der Waals surface area contributed by atoms with Crippen molar-refractivity contribution in [2.24, 2.45) is 0 Å². The minimum absolute atomic E-state index is 0.301. The maximum Gasteiger partial charge on any atom is 0.338 e. The van der Waals surface area contributed by atoms with Crippen LogP contribution in [0, 0.1) is 6.92 Å². The third-order valence-electron chi connectivity index (χ3n) is 3.31. The van der Waals surface area contributed by atoms with Crippen LogP contribution in [0.2, 0.25) is 0 Å². The second-order valence-electron chi connectivity index (χ2n) is 4.86. The van der Waals surface area contributed by atoms with Gasteiger partial charge < -0.3 is 15.4 Å². The number of aryl methyl sites for hydroxylation is 1. The summed E-state index contributed by atoms with van der Waals surface area (Å²) in [5.74, 6) is -0.301. The van der Waals surface area contributed by atoms with E-state index < -0.39 is 0 Å². The van der Waals surface area contributed by atoms with Crippen LogP contribution in [0.1, 0.15) is 49.5 Å². The maximum absolute atomic E-state index is 11.7. The SMILES string of the molecule is CCOC(=O)c1ccc(NC(=S)NC(CC)CC)c(C)c1. The zero-order chi connectivity index (χ0) is 15.8. The van der Waals surface area contributed by atoms with Gasteiger partial charge in [0.2, 0.25) is 0 Å². The minimum atomic E-state index is -0.301. The van der Waals surface area contributed by atoms with E-state index in [0.29, 0.717) is 23.3 Å². The minimum Gasteiger partial charge on any atom is -0.462 e. The lowest BCUT2D eigenvalue weighted by atomic mass is 10.1. The van der Waals surface area contributed by atoms with Crippen molar-refractivity contribution in [3.63, 3.8) is 0 Å². The molecule has 0 fully saturated rings. The van der Waals surface area contributed by atoms with Crippen LogP contribution < -0.4 is 10.6 Å². The number of anilines is 1. The first-order valence-electron chi connectivity index (χ1n) is 7.37. The molecule has 0 radical (unpaired) electrons. The highest BCUT2D eigenvalue weighted by Gasteiger charge is 2.10. The number of esters is 1. The number of carbonyl (C=O) groups excluding carboxylic acids is 1. The molecule has 0 aliphatic carbocycles. The highest BCUT2D eigenvalue weighted by atomic mass is 32.1. The lowest BCUT2D eigenvalue weighted by Crippen LogP contribution is -2.37. The van der Waals surface area contributed by atoms with Crippen molar-refractivity contribution >= 4 is 29.0 Å². The normalized spacial score (nSPS) is 10.3. The molecule has 0 aromatic heterocycles. The average molecular weight is 308 g/mol. The van der Waals surface area contributed by atoms with Crippen molar-refractivity contribution < 1.29 is 9.53 Å². The molecule has 0 amide bonds. The Bertz CT molecular complexity index is 499. The monoisotopic (exact) mass is 308 g/mol. The van der Waals surface area contributed by atoms with Crippen molar-refractivity contribution in [2.45, 2.75) is 46.6 Å². The number of nitrogens with one attached hydrogen (secondary N) is 2. The van der Waals surface area contributed by atoms with Crippen LogP contribution in [0.15, 0.2) is 18.2 Å². The molecule has 0 unspecified atom stereocenters. The topological polar surface area (TPSA) is 50.4 Å². The molecule has 0 bridgehead atoms. The van der Waals surface area contributed by atoms with Crippen LogP contribution in [0.4, 0.5) is 5.69 Å². The van der Waals surface area contributed by atoms with E-state index in [2.05, 4.69) is 24.5 Å². The third-order valence-corrected chi connectivity index (χ3v) is 3.53. The number of thiocarbonyl (C=S) groups is 1. The molecular formula is C16H24N2O2S. The first-order chi connectivity index (χ1) is 10.0. The molecule has 0 saturated heterocycles. The number of ether oxygens (including phenoxy) is 1. The Morgan fingerprint density at radius 3 is 2.48 bits per heavy atom. The van der Waals surface area contributed by atoms with Gasteiger partial charge in [-0.25, -0.2) is 4.79 Å². The number of rotatable bonds is 6. The Morgan fingerprint density at radius 1 is 1.29 bits per heavy atom. The summed E-state index contributed by atoms with van der Waals surface area (Å²) in [6.07, 6.45) is 2.05. The van der Waals surface area contributed by atoms with Gasteiger partial charge in [0.25, 0.3) is 0 Å². The quantitative estimate of drug-likeness (QED) is 0.620. The Labute approximate surface area is 132 Å². The molecule has 0 atom stereocenters. The van der Waals surface area contributed by atoms with Gasteiger partial charge in [0.05, 0.1) is 12.2 Å². The van der Waals surface area contributed by atoms with Gasteiger partial charge in [-0.3, -0.25) is 0 Å². The number of benzene rings is 1. The maximum atomic E-state index is 11.7. The van der Waals surface area contributed by atoms with Crippen molar-refractivity contribution in [2.75, 3.05) is 11.9 Å². The Balaban J connectivity index is 2.72. The fourth-order valence-corrected chi connectivity index (χ4v) is 2.26. The largest absolute Gasteiger partial charge is 0.462 e. The van der Waals surface area contributed by atoms with E-state index in [4.69, 9.17) is 17.0 Å². The summed E-state index contributed by atoms with van der Waals surface area (Å²) in [6.45, 7) is 8.36. The van der Waals surface area contributed by atoms with E-state index in [0.717, 1.165) is 24.1 Å². The summed E-state index contributed by atoms with van der Waals surface area (Å²) in [5.41, 5.74) is 2.40. The van der Waals surface area contributed by atoms with Crippen LogP contribution in [0.5, 0.6) is 0 Å². The summed E-state index contributed by atoms with van der Waals surface area (Å²) in [6, 6.07) is 5.78. The summed E-state index contributed by atoms with van der Waals surface area (Å²) in [7, 11) is 0. The highest BCUT2D eigenvalue weighted by Crippen LogP contribution is 2.17. The number of hydrogen-bond acceptors (Lipinski definition) is 3. The van der Waals surface area contributed by atoms with E-state index in [1.807, 2.05) is 13.0 Å². The van der Waals surface area contributed by atoms with Crippen LogP contribution in [-0.4, -0.2) is 23.7 Å². The first-order valence-corrected chi connectivity index (χ1v) is 7.77. The van der Waals surface area contributed by atoms with Crippen LogP contribution in [0.25, 0.3) is 0 Å². The molecule has 1 aromatic rings. The second-order valence-corrected chi connectivity index (χ2v) is 5.27. The third kappa shape index (κ3) is 5.34. The van der Waals surface area contributed by atoms with Crippen molar-refractivity contribution in [1.82, 2.24) is 5.32 Å². The molecule has 0 saturated carbocycles. The summed E-state index contributed by atoms with van der Waals surface area (Å²) in [5, 5.41) is 7.06. The van der Waals surface area contributed by atoms with Gasteiger partial charge in [-0.05, 0) is 62.7 Å². The molecule has 1 aromatic carbocycles. The standard InChI is InChI=1S/C16H24N2O2S/c1-5-13(6-2)17-16(21)18-14-9-8-12(10-11(14)4)15(19)20-7-3/h8-10,13H,5-7H2,1-4H3,(H2,17,18,21).